The van der Waals surface area contributed by atoms with Crippen molar-refractivity contribution in [1.29, 1.82) is 0 Å². The van der Waals surface area contributed by atoms with Crippen LogP contribution in [0.25, 0.3) is 0 Å². The summed E-state index contributed by atoms with van der Waals surface area (Å²) in [6.45, 7) is 1.01. The number of anilines is 1. The summed E-state index contributed by atoms with van der Waals surface area (Å²) in [6, 6.07) is 14.5. The van der Waals surface area contributed by atoms with Gasteiger partial charge in [-0.2, -0.15) is 0 Å². The molecule has 0 bridgehead atoms. The van der Waals surface area contributed by atoms with Crippen molar-refractivity contribution in [3.63, 3.8) is 0 Å². The minimum absolute atomic E-state index is 0.0871. The van der Waals surface area contributed by atoms with Crippen LogP contribution in [0.2, 0.25) is 10.0 Å². The maximum Gasteiger partial charge on any atom is 0.253 e. The van der Waals surface area contributed by atoms with E-state index in [9.17, 15) is 9.59 Å². The number of rotatable bonds is 6. The van der Waals surface area contributed by atoms with Crippen LogP contribution in [0.15, 0.2) is 52.9 Å². The molecule has 10 heteroatoms. The Morgan fingerprint density at radius 2 is 1.75 bits per heavy atom. The molecule has 166 valence electrons. The Morgan fingerprint density at radius 3 is 2.47 bits per heavy atom. The van der Waals surface area contributed by atoms with Gasteiger partial charge in [-0.1, -0.05) is 58.4 Å². The number of hydrogen-bond acceptors (Lipinski definition) is 6. The van der Waals surface area contributed by atoms with Crippen molar-refractivity contribution in [1.82, 2.24) is 15.1 Å². The molecule has 32 heavy (non-hydrogen) atoms. The van der Waals surface area contributed by atoms with Gasteiger partial charge in [0.2, 0.25) is 11.0 Å². The van der Waals surface area contributed by atoms with E-state index < -0.39 is 0 Å². The summed E-state index contributed by atoms with van der Waals surface area (Å²) in [6.07, 6.45) is 1.50. The van der Waals surface area contributed by atoms with Crippen LogP contribution >= 0.6 is 46.3 Å². The van der Waals surface area contributed by atoms with E-state index >= 15 is 0 Å². The fourth-order valence-corrected chi connectivity index (χ4v) is 5.37. The summed E-state index contributed by atoms with van der Waals surface area (Å²) >= 11 is 14.7. The number of carbonyl (C=O) groups is 2. The number of nitrogens with zero attached hydrogens (tertiary/aromatic N) is 3. The molecule has 0 aliphatic carbocycles. The lowest BCUT2D eigenvalue weighted by Gasteiger charge is -2.32. The number of nitrogens with one attached hydrogen (secondary N) is 1. The zero-order chi connectivity index (χ0) is 22.5. The van der Waals surface area contributed by atoms with E-state index in [4.69, 9.17) is 23.2 Å². The number of likely N-dealkylation sites (tertiary alicyclic amines) is 1. The first-order valence-corrected chi connectivity index (χ1v) is 12.6. The molecule has 1 aliphatic heterocycles. The van der Waals surface area contributed by atoms with E-state index in [0.29, 0.717) is 33.8 Å². The molecule has 0 unspecified atom stereocenters. The number of aromatic nitrogens is 2. The molecule has 0 saturated carbocycles. The topological polar surface area (TPSA) is 75.2 Å². The number of hydrogen-bond donors (Lipinski definition) is 1. The average molecular weight is 507 g/mol. The molecule has 1 aromatic heterocycles. The SMILES string of the molecule is O=C(Nc1nnc(SCc2ccc(Cl)cc2)s1)[C@@H]1CCCN(C(=O)c2ccc(Cl)cc2)C1. The van der Waals surface area contributed by atoms with Gasteiger partial charge in [-0.15, -0.1) is 10.2 Å². The highest BCUT2D eigenvalue weighted by atomic mass is 35.5. The zero-order valence-electron chi connectivity index (χ0n) is 17.0. The lowest BCUT2D eigenvalue weighted by Crippen LogP contribution is -2.43. The number of piperidine rings is 1. The van der Waals surface area contributed by atoms with E-state index in [1.54, 1.807) is 40.9 Å². The molecule has 0 radical (unpaired) electrons. The van der Waals surface area contributed by atoms with Gasteiger partial charge in [0.25, 0.3) is 5.91 Å². The van der Waals surface area contributed by atoms with Crippen molar-refractivity contribution >= 4 is 63.2 Å². The van der Waals surface area contributed by atoms with E-state index in [2.05, 4.69) is 15.5 Å². The van der Waals surface area contributed by atoms with Gasteiger partial charge in [-0.05, 0) is 54.8 Å². The second-order valence-electron chi connectivity index (χ2n) is 7.37. The lowest BCUT2D eigenvalue weighted by atomic mass is 9.96. The van der Waals surface area contributed by atoms with Gasteiger partial charge in [0.15, 0.2) is 4.34 Å². The highest BCUT2D eigenvalue weighted by Crippen LogP contribution is 2.29. The molecule has 1 N–H and O–H groups in total. The normalized spacial score (nSPS) is 16.1. The second kappa shape index (κ2) is 10.7. The largest absolute Gasteiger partial charge is 0.338 e. The summed E-state index contributed by atoms with van der Waals surface area (Å²) < 4.78 is 0.776. The average Bonchev–Trinajstić information content (AvgIpc) is 3.26. The summed E-state index contributed by atoms with van der Waals surface area (Å²) in [5, 5.41) is 12.9. The quantitative estimate of drug-likeness (QED) is 0.346. The highest BCUT2D eigenvalue weighted by Gasteiger charge is 2.29. The lowest BCUT2D eigenvalue weighted by molar-refractivity contribution is -0.121. The molecule has 6 nitrogen and oxygen atoms in total. The van der Waals surface area contributed by atoms with Crippen LogP contribution in [0.4, 0.5) is 5.13 Å². The number of halogens is 2. The van der Waals surface area contributed by atoms with Crippen LogP contribution in [0.1, 0.15) is 28.8 Å². The first-order valence-electron chi connectivity index (χ1n) is 10.0. The van der Waals surface area contributed by atoms with Gasteiger partial charge < -0.3 is 10.2 Å². The van der Waals surface area contributed by atoms with Gasteiger partial charge in [0.05, 0.1) is 5.92 Å². The monoisotopic (exact) mass is 506 g/mol. The highest BCUT2D eigenvalue weighted by molar-refractivity contribution is 8.00. The standard InChI is InChI=1S/C22H20Cl2N4O2S2/c23-17-7-3-14(4-8-17)13-31-22-27-26-21(32-22)25-19(29)16-2-1-11-28(12-16)20(30)15-5-9-18(24)10-6-15/h3-10,16H,1-2,11-13H2,(H,25,26,29)/t16-/m1/s1. The fourth-order valence-electron chi connectivity index (χ4n) is 3.40. The minimum Gasteiger partial charge on any atom is -0.338 e. The Balaban J connectivity index is 1.31. The molecule has 2 heterocycles. The number of thioether (sulfide) groups is 1. The fraction of sp³-hybridized carbons (Fsp3) is 0.273. The van der Waals surface area contributed by atoms with Crippen molar-refractivity contribution < 1.29 is 9.59 Å². The third-order valence-electron chi connectivity index (χ3n) is 5.08. The zero-order valence-corrected chi connectivity index (χ0v) is 20.1. The summed E-state index contributed by atoms with van der Waals surface area (Å²) in [7, 11) is 0. The van der Waals surface area contributed by atoms with Gasteiger partial charge >= 0.3 is 0 Å². The van der Waals surface area contributed by atoms with E-state index in [-0.39, 0.29) is 17.7 Å². The van der Waals surface area contributed by atoms with Crippen LogP contribution < -0.4 is 5.32 Å². The minimum atomic E-state index is -0.283. The first-order chi connectivity index (χ1) is 15.5. The second-order valence-corrected chi connectivity index (χ2v) is 10.4. The smallest absolute Gasteiger partial charge is 0.253 e. The predicted octanol–water partition coefficient (Wildman–Crippen LogP) is 5.63. The Bertz CT molecular complexity index is 1090. The van der Waals surface area contributed by atoms with Gasteiger partial charge in [-0.25, -0.2) is 0 Å². The first kappa shape index (κ1) is 23.0. The number of carbonyl (C=O) groups excluding carboxylic acids is 2. The maximum atomic E-state index is 12.8. The molecule has 1 atom stereocenters. The Hall–Kier alpha value is -2.13. The molecule has 1 aliphatic rings. The van der Waals surface area contributed by atoms with Crippen molar-refractivity contribution in [2.45, 2.75) is 22.9 Å². The van der Waals surface area contributed by atoms with Crippen LogP contribution in [-0.2, 0) is 10.5 Å². The Morgan fingerprint density at radius 1 is 1.06 bits per heavy atom. The molecule has 0 spiro atoms. The maximum absolute atomic E-state index is 12.8. The molecular weight excluding hydrogens is 487 g/mol. The molecule has 2 aromatic carbocycles. The molecule has 1 fully saturated rings. The van der Waals surface area contributed by atoms with Crippen molar-refractivity contribution in [3.05, 3.63) is 69.7 Å². The molecule has 1 saturated heterocycles. The summed E-state index contributed by atoms with van der Waals surface area (Å²) in [4.78, 5) is 27.3. The van der Waals surface area contributed by atoms with Gasteiger partial charge in [-0.3, -0.25) is 9.59 Å². The molecule has 4 rings (SSSR count). The van der Waals surface area contributed by atoms with Crippen LogP contribution in [0, 0.1) is 5.92 Å². The summed E-state index contributed by atoms with van der Waals surface area (Å²) in [5.41, 5.74) is 1.70. The van der Waals surface area contributed by atoms with Crippen molar-refractivity contribution in [3.8, 4) is 0 Å². The number of benzene rings is 2. The molecular formula is C22H20Cl2N4O2S2. The van der Waals surface area contributed by atoms with Gasteiger partial charge in [0, 0.05) is 34.5 Å². The Labute approximate surface area is 204 Å². The number of amides is 2. The third-order valence-corrected chi connectivity index (χ3v) is 7.63. The third kappa shape index (κ3) is 6.01. The van der Waals surface area contributed by atoms with Crippen LogP contribution in [-0.4, -0.2) is 40.0 Å². The Kier molecular flexibility index (Phi) is 7.67. The van der Waals surface area contributed by atoms with Crippen LogP contribution in [0.3, 0.4) is 0 Å². The predicted molar refractivity (Wildman–Crippen MR) is 130 cm³/mol. The van der Waals surface area contributed by atoms with Crippen molar-refractivity contribution in [2.24, 2.45) is 5.92 Å². The summed E-state index contributed by atoms with van der Waals surface area (Å²) in [5.74, 6) is 0.235. The molecule has 3 aromatic rings. The van der Waals surface area contributed by atoms with E-state index in [1.165, 1.54) is 11.3 Å². The van der Waals surface area contributed by atoms with Gasteiger partial charge in [0.1, 0.15) is 0 Å². The van der Waals surface area contributed by atoms with E-state index in [1.807, 2.05) is 24.3 Å². The molecule has 2 amide bonds. The van der Waals surface area contributed by atoms with Crippen LogP contribution in [0.5, 0.6) is 0 Å². The van der Waals surface area contributed by atoms with Crippen molar-refractivity contribution in [2.75, 3.05) is 18.4 Å². The van der Waals surface area contributed by atoms with E-state index in [0.717, 1.165) is 28.5 Å².